The molecule has 0 aromatic carbocycles. The second-order valence-electron chi connectivity index (χ2n) is 2.43. The molecule has 0 fully saturated rings. The first-order chi connectivity index (χ1) is 4.62. The van der Waals surface area contributed by atoms with Gasteiger partial charge in [0.25, 0.3) is 0 Å². The van der Waals surface area contributed by atoms with Crippen molar-refractivity contribution >= 4 is 23.2 Å². The molecule has 0 atom stereocenters. The van der Waals surface area contributed by atoms with E-state index in [0.717, 1.165) is 12.8 Å². The molecule has 0 aromatic heterocycles. The van der Waals surface area contributed by atoms with Gasteiger partial charge in [0.15, 0.2) is 0 Å². The van der Waals surface area contributed by atoms with Gasteiger partial charge >= 0.3 is 0 Å². The molecule has 0 rings (SSSR count). The summed E-state index contributed by atoms with van der Waals surface area (Å²) in [5.41, 5.74) is 0. The Kier molecular flexibility index (Phi) is 5.51. The van der Waals surface area contributed by atoms with Crippen molar-refractivity contribution in [2.75, 3.05) is 6.61 Å². The monoisotopic (exact) mass is 184 g/mol. The summed E-state index contributed by atoms with van der Waals surface area (Å²) in [4.78, 5) is 0. The first-order valence-corrected chi connectivity index (χ1v) is 4.36. The third kappa shape index (κ3) is 5.33. The van der Waals surface area contributed by atoms with Crippen LogP contribution in [-0.4, -0.2) is 16.0 Å². The minimum atomic E-state index is -0.614. The van der Waals surface area contributed by atoms with Crippen molar-refractivity contribution in [2.45, 2.75) is 36.9 Å². The van der Waals surface area contributed by atoms with Gasteiger partial charge in [-0.15, -0.1) is 23.2 Å². The van der Waals surface area contributed by atoms with Gasteiger partial charge in [-0.2, -0.15) is 0 Å². The molecule has 0 amide bonds. The van der Waals surface area contributed by atoms with Crippen LogP contribution in [-0.2, 0) is 0 Å². The first-order valence-electron chi connectivity index (χ1n) is 3.61. The van der Waals surface area contributed by atoms with E-state index >= 15 is 0 Å². The van der Waals surface area contributed by atoms with Crippen LogP contribution in [0.15, 0.2) is 0 Å². The van der Waals surface area contributed by atoms with Gasteiger partial charge in [0.2, 0.25) is 0 Å². The Morgan fingerprint density at radius 1 is 1.30 bits per heavy atom. The molecule has 0 saturated carbocycles. The van der Waals surface area contributed by atoms with Crippen LogP contribution >= 0.6 is 23.2 Å². The first kappa shape index (κ1) is 10.5. The summed E-state index contributed by atoms with van der Waals surface area (Å²) in [6, 6.07) is 0. The fraction of sp³-hybridized carbons (Fsp3) is 1.00. The normalized spacial score (nSPS) is 12.0. The van der Waals surface area contributed by atoms with Gasteiger partial charge in [0.1, 0.15) is 4.33 Å². The molecule has 0 spiro atoms. The number of alkyl halides is 2. The van der Waals surface area contributed by atoms with Crippen molar-refractivity contribution < 1.29 is 5.11 Å². The summed E-state index contributed by atoms with van der Waals surface area (Å²) < 4.78 is -0.614. The fourth-order valence-electron chi connectivity index (χ4n) is 0.828. The highest BCUT2D eigenvalue weighted by molar-refractivity contribution is 6.48. The molecule has 0 aliphatic carbocycles. The number of aliphatic hydroxyl groups excluding tert-OH is 1. The van der Waals surface area contributed by atoms with Gasteiger partial charge in [-0.05, 0) is 19.3 Å². The average Bonchev–Trinajstić information content (AvgIpc) is 1.84. The minimum Gasteiger partial charge on any atom is -0.396 e. The Morgan fingerprint density at radius 3 is 2.30 bits per heavy atom. The van der Waals surface area contributed by atoms with E-state index in [4.69, 9.17) is 28.3 Å². The summed E-state index contributed by atoms with van der Waals surface area (Å²) >= 11 is 11.7. The van der Waals surface area contributed by atoms with Gasteiger partial charge in [0.05, 0.1) is 0 Å². The van der Waals surface area contributed by atoms with Crippen LogP contribution in [0.4, 0.5) is 0 Å². The van der Waals surface area contributed by atoms with Crippen LogP contribution in [0.2, 0.25) is 0 Å². The van der Waals surface area contributed by atoms with Crippen molar-refractivity contribution in [3.8, 4) is 0 Å². The van der Waals surface area contributed by atoms with Crippen LogP contribution in [0.1, 0.15) is 32.6 Å². The molecule has 0 bridgehead atoms. The van der Waals surface area contributed by atoms with Crippen LogP contribution in [0.3, 0.4) is 0 Å². The topological polar surface area (TPSA) is 20.2 Å². The summed E-state index contributed by atoms with van der Waals surface area (Å²) in [7, 11) is 0. The van der Waals surface area contributed by atoms with E-state index < -0.39 is 4.33 Å². The van der Waals surface area contributed by atoms with Gasteiger partial charge in [-0.1, -0.05) is 13.3 Å². The molecule has 0 saturated heterocycles. The second kappa shape index (κ2) is 5.22. The van der Waals surface area contributed by atoms with Gasteiger partial charge in [0, 0.05) is 6.61 Å². The molecule has 0 aliphatic rings. The number of halogens is 2. The molecule has 1 N–H and O–H groups in total. The van der Waals surface area contributed by atoms with E-state index in [1.165, 1.54) is 0 Å². The van der Waals surface area contributed by atoms with Crippen LogP contribution in [0, 0.1) is 0 Å². The van der Waals surface area contributed by atoms with E-state index in [9.17, 15) is 0 Å². The Hall–Kier alpha value is 0.540. The molecule has 62 valence electrons. The Bertz CT molecular complexity index is 83.7. The summed E-state index contributed by atoms with van der Waals surface area (Å²) in [5.74, 6) is 0. The number of aliphatic hydroxyl groups is 1. The second-order valence-corrected chi connectivity index (χ2v) is 4.07. The van der Waals surface area contributed by atoms with Crippen LogP contribution < -0.4 is 0 Å². The number of hydrogen-bond acceptors (Lipinski definition) is 1. The summed E-state index contributed by atoms with van der Waals surface area (Å²) in [6.45, 7) is 2.21. The van der Waals surface area contributed by atoms with Crippen LogP contribution in [0.25, 0.3) is 0 Å². The van der Waals surface area contributed by atoms with Crippen molar-refractivity contribution in [1.29, 1.82) is 0 Å². The molecule has 3 heteroatoms. The highest BCUT2D eigenvalue weighted by atomic mass is 35.5. The zero-order valence-corrected chi connectivity index (χ0v) is 7.75. The summed E-state index contributed by atoms with van der Waals surface area (Å²) in [5, 5.41) is 8.48. The maximum absolute atomic E-state index is 8.48. The molecule has 0 heterocycles. The average molecular weight is 185 g/mol. The predicted molar refractivity (Wildman–Crippen MR) is 45.7 cm³/mol. The Morgan fingerprint density at radius 2 is 1.90 bits per heavy atom. The molecule has 0 radical (unpaired) electrons. The number of hydrogen-bond donors (Lipinski definition) is 1. The molecule has 0 unspecified atom stereocenters. The molecule has 0 aliphatic heterocycles. The van der Waals surface area contributed by atoms with E-state index in [1.807, 2.05) is 6.92 Å². The lowest BCUT2D eigenvalue weighted by Gasteiger charge is -2.17. The quantitative estimate of drug-likeness (QED) is 0.653. The summed E-state index contributed by atoms with van der Waals surface area (Å²) in [6.07, 6.45) is 3.15. The molecule has 10 heavy (non-hydrogen) atoms. The highest BCUT2D eigenvalue weighted by Gasteiger charge is 2.21. The Labute approximate surface area is 72.3 Å². The van der Waals surface area contributed by atoms with Crippen molar-refractivity contribution in [1.82, 2.24) is 0 Å². The van der Waals surface area contributed by atoms with Gasteiger partial charge in [-0.3, -0.25) is 0 Å². The molecular formula is C7H14Cl2O. The minimum absolute atomic E-state index is 0.172. The van der Waals surface area contributed by atoms with Gasteiger partial charge in [-0.25, -0.2) is 0 Å². The molecule has 1 nitrogen and oxygen atoms in total. The van der Waals surface area contributed by atoms with E-state index in [1.54, 1.807) is 0 Å². The molecule has 0 aromatic rings. The van der Waals surface area contributed by atoms with E-state index in [0.29, 0.717) is 12.8 Å². The fourth-order valence-corrected chi connectivity index (χ4v) is 1.47. The van der Waals surface area contributed by atoms with Gasteiger partial charge < -0.3 is 5.11 Å². The molecular weight excluding hydrogens is 171 g/mol. The smallest absolute Gasteiger partial charge is 0.118 e. The lowest BCUT2D eigenvalue weighted by molar-refractivity contribution is 0.281. The van der Waals surface area contributed by atoms with E-state index in [2.05, 4.69) is 0 Å². The highest BCUT2D eigenvalue weighted by Crippen LogP contribution is 2.31. The number of rotatable bonds is 5. The largest absolute Gasteiger partial charge is 0.396 e. The zero-order valence-electron chi connectivity index (χ0n) is 6.24. The third-order valence-corrected chi connectivity index (χ3v) is 2.07. The third-order valence-electron chi connectivity index (χ3n) is 1.32. The van der Waals surface area contributed by atoms with E-state index in [-0.39, 0.29) is 6.61 Å². The maximum Gasteiger partial charge on any atom is 0.118 e. The van der Waals surface area contributed by atoms with Crippen molar-refractivity contribution in [3.63, 3.8) is 0 Å². The standard InChI is InChI=1S/C7H14Cl2O/c1-2-4-7(8,9)5-3-6-10/h10H,2-6H2,1H3. The Balaban J connectivity index is 3.42. The maximum atomic E-state index is 8.48. The van der Waals surface area contributed by atoms with Crippen molar-refractivity contribution in [2.24, 2.45) is 0 Å². The lowest BCUT2D eigenvalue weighted by Crippen LogP contribution is -2.12. The SMILES string of the molecule is CCCC(Cl)(Cl)CCCO. The van der Waals surface area contributed by atoms with Crippen LogP contribution in [0.5, 0.6) is 0 Å². The van der Waals surface area contributed by atoms with Crippen molar-refractivity contribution in [3.05, 3.63) is 0 Å². The lowest BCUT2D eigenvalue weighted by atomic mass is 10.1. The predicted octanol–water partition coefficient (Wildman–Crippen LogP) is 2.73. The zero-order chi connectivity index (χ0) is 8.04.